The smallest absolute Gasteiger partial charge is 0.307 e. The van der Waals surface area contributed by atoms with Crippen molar-refractivity contribution in [3.8, 4) is 0 Å². The summed E-state index contributed by atoms with van der Waals surface area (Å²) >= 11 is 0. The zero-order valence-electron chi connectivity index (χ0n) is 11.2. The van der Waals surface area contributed by atoms with Crippen molar-refractivity contribution in [1.29, 1.82) is 0 Å². The van der Waals surface area contributed by atoms with Crippen LogP contribution in [-0.4, -0.2) is 23.5 Å². The van der Waals surface area contributed by atoms with Crippen LogP contribution in [0.15, 0.2) is 0 Å². The molecule has 2 aliphatic rings. The molecule has 0 heterocycles. The number of hydrogen-bond acceptors (Lipinski definition) is 2. The average Bonchev–Trinajstić information content (AvgIpc) is 2.91. The standard InChI is InChI=1S/C14H23NO3/c1-14(2)10(11(14)13(17)18)12(16)15-8-9-6-4-3-5-7-9/h9-11H,3-8H2,1-2H3,(H,15,16)(H,17,18)/t10-,11+/m1/s1. The van der Waals surface area contributed by atoms with E-state index in [1.165, 1.54) is 32.1 Å². The average molecular weight is 253 g/mol. The van der Waals surface area contributed by atoms with Crippen LogP contribution < -0.4 is 5.32 Å². The van der Waals surface area contributed by atoms with Crippen LogP contribution in [0.25, 0.3) is 0 Å². The van der Waals surface area contributed by atoms with Gasteiger partial charge in [-0.25, -0.2) is 0 Å². The molecule has 0 bridgehead atoms. The van der Waals surface area contributed by atoms with Crippen LogP contribution in [0, 0.1) is 23.2 Å². The van der Waals surface area contributed by atoms with Crippen molar-refractivity contribution in [2.45, 2.75) is 46.0 Å². The number of carboxylic acids is 1. The van der Waals surface area contributed by atoms with E-state index in [1.54, 1.807) is 0 Å². The van der Waals surface area contributed by atoms with E-state index in [1.807, 2.05) is 13.8 Å². The minimum Gasteiger partial charge on any atom is -0.481 e. The molecule has 2 fully saturated rings. The number of carbonyl (C=O) groups excluding carboxylic acids is 1. The Morgan fingerprint density at radius 3 is 2.28 bits per heavy atom. The lowest BCUT2D eigenvalue weighted by Crippen LogP contribution is -2.32. The summed E-state index contributed by atoms with van der Waals surface area (Å²) in [5.41, 5.74) is -0.386. The van der Waals surface area contributed by atoms with Crippen molar-refractivity contribution in [3.63, 3.8) is 0 Å². The molecule has 102 valence electrons. The number of carbonyl (C=O) groups is 2. The van der Waals surface area contributed by atoms with Gasteiger partial charge in [0.15, 0.2) is 0 Å². The van der Waals surface area contributed by atoms with Crippen molar-refractivity contribution >= 4 is 11.9 Å². The lowest BCUT2D eigenvalue weighted by atomic mass is 9.89. The first-order valence-corrected chi connectivity index (χ1v) is 6.95. The van der Waals surface area contributed by atoms with Crippen LogP contribution >= 0.6 is 0 Å². The zero-order chi connectivity index (χ0) is 13.3. The molecule has 4 nitrogen and oxygen atoms in total. The lowest BCUT2D eigenvalue weighted by molar-refractivity contribution is -0.140. The molecule has 0 aromatic heterocycles. The van der Waals surface area contributed by atoms with Crippen molar-refractivity contribution in [1.82, 2.24) is 5.32 Å². The molecule has 4 heteroatoms. The van der Waals surface area contributed by atoms with E-state index in [-0.39, 0.29) is 17.2 Å². The second-order valence-corrected chi connectivity index (χ2v) is 6.36. The summed E-state index contributed by atoms with van der Waals surface area (Å²) in [5.74, 6) is -1.19. The molecule has 0 spiro atoms. The van der Waals surface area contributed by atoms with Gasteiger partial charge in [0, 0.05) is 6.54 Å². The molecule has 2 N–H and O–H groups in total. The van der Waals surface area contributed by atoms with E-state index < -0.39 is 11.9 Å². The third kappa shape index (κ3) is 2.52. The van der Waals surface area contributed by atoms with Gasteiger partial charge in [0.25, 0.3) is 0 Å². The number of rotatable bonds is 4. The third-order valence-corrected chi connectivity index (χ3v) is 4.67. The predicted octanol–water partition coefficient (Wildman–Crippen LogP) is 2.04. The SMILES string of the molecule is CC1(C)[C@H](C(=O)O)[C@@H]1C(=O)NCC1CCCCC1. The summed E-state index contributed by atoms with van der Waals surface area (Å²) in [5, 5.41) is 12.0. The van der Waals surface area contributed by atoms with Crippen molar-refractivity contribution in [2.75, 3.05) is 6.54 Å². The minimum atomic E-state index is -0.849. The highest BCUT2D eigenvalue weighted by molar-refractivity contribution is 5.91. The molecular weight excluding hydrogens is 230 g/mol. The summed E-state index contributed by atoms with van der Waals surface area (Å²) in [4.78, 5) is 23.0. The van der Waals surface area contributed by atoms with Gasteiger partial charge in [-0.2, -0.15) is 0 Å². The normalized spacial score (nSPS) is 30.8. The van der Waals surface area contributed by atoms with Crippen LogP contribution in [0.2, 0.25) is 0 Å². The summed E-state index contributed by atoms with van der Waals surface area (Å²) < 4.78 is 0. The maximum Gasteiger partial charge on any atom is 0.307 e. The van der Waals surface area contributed by atoms with Gasteiger partial charge in [-0.15, -0.1) is 0 Å². The molecule has 0 aromatic rings. The molecule has 1 amide bonds. The molecule has 2 aliphatic carbocycles. The fourth-order valence-electron chi connectivity index (χ4n) is 3.33. The topological polar surface area (TPSA) is 66.4 Å². The maximum absolute atomic E-state index is 12.0. The summed E-state index contributed by atoms with van der Waals surface area (Å²) in [6.07, 6.45) is 6.20. The number of hydrogen-bond donors (Lipinski definition) is 2. The molecule has 2 rings (SSSR count). The van der Waals surface area contributed by atoms with Gasteiger partial charge in [-0.1, -0.05) is 33.1 Å². The van der Waals surface area contributed by atoms with Gasteiger partial charge in [0.1, 0.15) is 0 Å². The summed E-state index contributed by atoms with van der Waals surface area (Å²) in [7, 11) is 0. The fraction of sp³-hybridized carbons (Fsp3) is 0.857. The van der Waals surface area contributed by atoms with Crippen LogP contribution in [0.5, 0.6) is 0 Å². The Morgan fingerprint density at radius 1 is 1.17 bits per heavy atom. The second-order valence-electron chi connectivity index (χ2n) is 6.36. The number of nitrogens with one attached hydrogen (secondary N) is 1. The number of amides is 1. The Kier molecular flexibility index (Phi) is 3.64. The molecule has 0 radical (unpaired) electrons. The summed E-state index contributed by atoms with van der Waals surface area (Å²) in [6.45, 7) is 4.44. The Bertz CT molecular complexity index is 345. The highest BCUT2D eigenvalue weighted by atomic mass is 16.4. The zero-order valence-corrected chi connectivity index (χ0v) is 11.2. The predicted molar refractivity (Wildman–Crippen MR) is 68.0 cm³/mol. The van der Waals surface area contributed by atoms with E-state index in [2.05, 4.69) is 5.32 Å². The Morgan fingerprint density at radius 2 is 1.78 bits per heavy atom. The van der Waals surface area contributed by atoms with Crippen molar-refractivity contribution in [2.24, 2.45) is 23.2 Å². The molecule has 2 saturated carbocycles. The lowest BCUT2D eigenvalue weighted by Gasteiger charge is -2.21. The van der Waals surface area contributed by atoms with Gasteiger partial charge in [0.2, 0.25) is 5.91 Å². The van der Waals surface area contributed by atoms with Crippen molar-refractivity contribution in [3.05, 3.63) is 0 Å². The molecular formula is C14H23NO3. The minimum absolute atomic E-state index is 0.0713. The largest absolute Gasteiger partial charge is 0.481 e. The van der Waals surface area contributed by atoms with E-state index >= 15 is 0 Å². The third-order valence-electron chi connectivity index (χ3n) is 4.67. The van der Waals surface area contributed by atoms with Gasteiger partial charge >= 0.3 is 5.97 Å². The van der Waals surface area contributed by atoms with E-state index in [4.69, 9.17) is 5.11 Å². The Balaban J connectivity index is 1.80. The van der Waals surface area contributed by atoms with Crippen LogP contribution in [-0.2, 0) is 9.59 Å². The van der Waals surface area contributed by atoms with E-state index in [0.29, 0.717) is 5.92 Å². The molecule has 0 aromatic carbocycles. The molecule has 18 heavy (non-hydrogen) atoms. The molecule has 0 aliphatic heterocycles. The molecule has 0 unspecified atom stereocenters. The number of carboxylic acid groups (broad SMARTS) is 1. The highest BCUT2D eigenvalue weighted by Crippen LogP contribution is 2.58. The first-order valence-electron chi connectivity index (χ1n) is 6.95. The van der Waals surface area contributed by atoms with E-state index in [9.17, 15) is 9.59 Å². The Labute approximate surface area is 108 Å². The molecule has 2 atom stereocenters. The maximum atomic E-state index is 12.0. The quantitative estimate of drug-likeness (QED) is 0.805. The first kappa shape index (κ1) is 13.4. The first-order chi connectivity index (χ1) is 8.44. The van der Waals surface area contributed by atoms with Gasteiger partial charge in [-0.05, 0) is 24.2 Å². The van der Waals surface area contributed by atoms with E-state index in [0.717, 1.165) is 6.54 Å². The monoisotopic (exact) mass is 253 g/mol. The van der Waals surface area contributed by atoms with Crippen LogP contribution in [0.3, 0.4) is 0 Å². The number of aliphatic carboxylic acids is 1. The Hall–Kier alpha value is -1.06. The second kappa shape index (κ2) is 4.90. The van der Waals surface area contributed by atoms with Crippen molar-refractivity contribution < 1.29 is 14.7 Å². The van der Waals surface area contributed by atoms with Gasteiger partial charge in [0.05, 0.1) is 11.8 Å². The fourth-order valence-corrected chi connectivity index (χ4v) is 3.33. The molecule has 0 saturated heterocycles. The van der Waals surface area contributed by atoms with Gasteiger partial charge < -0.3 is 10.4 Å². The highest BCUT2D eigenvalue weighted by Gasteiger charge is 2.65. The van der Waals surface area contributed by atoms with Crippen LogP contribution in [0.1, 0.15) is 46.0 Å². The summed E-state index contributed by atoms with van der Waals surface area (Å²) in [6, 6.07) is 0. The van der Waals surface area contributed by atoms with Gasteiger partial charge in [-0.3, -0.25) is 9.59 Å². The van der Waals surface area contributed by atoms with Crippen LogP contribution in [0.4, 0.5) is 0 Å².